The van der Waals surface area contributed by atoms with Gasteiger partial charge in [0.25, 0.3) is 10.0 Å². The lowest BCUT2D eigenvalue weighted by atomic mass is 10.1. The first kappa shape index (κ1) is 23.1. The first-order chi connectivity index (χ1) is 15.4. The Kier molecular flexibility index (Phi) is 7.34. The zero-order chi connectivity index (χ0) is 23.1. The van der Waals surface area contributed by atoms with E-state index in [2.05, 4.69) is 0 Å². The summed E-state index contributed by atoms with van der Waals surface area (Å²) in [4.78, 5) is 12.0. The van der Waals surface area contributed by atoms with Crippen LogP contribution < -0.4 is 13.8 Å². The molecule has 0 saturated heterocycles. The highest BCUT2D eigenvalue weighted by Gasteiger charge is 2.31. The summed E-state index contributed by atoms with van der Waals surface area (Å²) in [5.41, 5.74) is 0.291. The van der Waals surface area contributed by atoms with E-state index in [1.165, 1.54) is 49.6 Å². The quantitative estimate of drug-likeness (QED) is 0.481. The van der Waals surface area contributed by atoms with Crippen molar-refractivity contribution in [2.45, 2.75) is 11.4 Å². The van der Waals surface area contributed by atoms with Crippen LogP contribution in [-0.4, -0.2) is 44.9 Å². The van der Waals surface area contributed by atoms with Crippen molar-refractivity contribution in [3.63, 3.8) is 0 Å². The van der Waals surface area contributed by atoms with Crippen molar-refractivity contribution in [3.8, 4) is 11.5 Å². The zero-order valence-corrected chi connectivity index (χ0v) is 18.2. The van der Waals surface area contributed by atoms with Gasteiger partial charge in [-0.25, -0.2) is 13.2 Å². The molecule has 2 N–H and O–H groups in total. The second-order valence-corrected chi connectivity index (χ2v) is 8.56. The van der Waals surface area contributed by atoms with Crippen LogP contribution >= 0.6 is 0 Å². The smallest absolute Gasteiger partial charge is 0.337 e. The second-order valence-electron chi connectivity index (χ2n) is 6.70. The molecule has 8 nitrogen and oxygen atoms in total. The van der Waals surface area contributed by atoms with Crippen molar-refractivity contribution in [2.24, 2.45) is 0 Å². The summed E-state index contributed by atoms with van der Waals surface area (Å²) in [5.74, 6) is -0.791. The molecule has 0 aromatic heterocycles. The van der Waals surface area contributed by atoms with Crippen LogP contribution in [0.15, 0.2) is 77.7 Å². The van der Waals surface area contributed by atoms with Crippen LogP contribution in [0.4, 0.5) is 5.69 Å². The number of hydrogen-bond acceptors (Lipinski definition) is 6. The Bertz CT molecular complexity index is 1160. The standard InChI is InChI=1S/C23H23NO7S/c1-30-18-10-12-19(13-11-18)32(28,29)24(16-17-6-3-2-4-7-17)22-20(23(26)27)8-5-9-21(22)31-15-14-25/h2-13,25H,14-16H2,1H3,(H,26,27). The Morgan fingerprint density at radius 2 is 1.66 bits per heavy atom. The van der Waals surface area contributed by atoms with Crippen LogP contribution in [0, 0.1) is 0 Å². The first-order valence-electron chi connectivity index (χ1n) is 9.69. The number of benzene rings is 3. The molecule has 0 amide bonds. The predicted octanol–water partition coefficient (Wildman–Crippen LogP) is 3.16. The molecule has 0 aliphatic heterocycles. The van der Waals surface area contributed by atoms with Gasteiger partial charge in [0, 0.05) is 0 Å². The molecule has 3 rings (SSSR count). The number of sulfonamides is 1. The molecule has 0 radical (unpaired) electrons. The predicted molar refractivity (Wildman–Crippen MR) is 119 cm³/mol. The summed E-state index contributed by atoms with van der Waals surface area (Å²) < 4.78 is 39.1. The molecule has 0 fully saturated rings. The monoisotopic (exact) mass is 457 g/mol. The van der Waals surface area contributed by atoms with Gasteiger partial charge < -0.3 is 19.7 Å². The summed E-state index contributed by atoms with van der Waals surface area (Å²) in [6.07, 6.45) is 0. The molecule has 0 aliphatic rings. The van der Waals surface area contributed by atoms with E-state index in [-0.39, 0.29) is 41.7 Å². The Morgan fingerprint density at radius 1 is 0.969 bits per heavy atom. The molecule has 3 aromatic rings. The number of carbonyl (C=O) groups is 1. The number of ether oxygens (including phenoxy) is 2. The van der Waals surface area contributed by atoms with Gasteiger partial charge in [-0.05, 0) is 42.0 Å². The maximum absolute atomic E-state index is 13.7. The number of para-hydroxylation sites is 1. The maximum atomic E-state index is 13.7. The lowest BCUT2D eigenvalue weighted by Gasteiger charge is -2.28. The molecule has 32 heavy (non-hydrogen) atoms. The number of aromatic carboxylic acids is 1. The highest BCUT2D eigenvalue weighted by molar-refractivity contribution is 7.92. The largest absolute Gasteiger partial charge is 0.497 e. The summed E-state index contributed by atoms with van der Waals surface area (Å²) in [7, 11) is -2.74. The SMILES string of the molecule is COc1ccc(S(=O)(=O)N(Cc2ccccc2)c2c(OCCO)cccc2C(=O)O)cc1. The average molecular weight is 458 g/mol. The number of anilines is 1. The van der Waals surface area contributed by atoms with E-state index in [1.807, 2.05) is 0 Å². The number of aliphatic hydroxyl groups excluding tert-OH is 1. The Balaban J connectivity index is 2.22. The van der Waals surface area contributed by atoms with Gasteiger partial charge in [0.1, 0.15) is 23.8 Å². The number of rotatable bonds is 10. The summed E-state index contributed by atoms with van der Waals surface area (Å²) in [5, 5.41) is 19.0. The number of hydrogen-bond donors (Lipinski definition) is 2. The van der Waals surface area contributed by atoms with Crippen molar-refractivity contribution < 1.29 is 32.9 Å². The normalized spacial score (nSPS) is 11.1. The van der Waals surface area contributed by atoms with Gasteiger partial charge in [-0.1, -0.05) is 36.4 Å². The number of nitrogens with zero attached hydrogens (tertiary/aromatic N) is 1. The second kappa shape index (κ2) is 10.2. The average Bonchev–Trinajstić information content (AvgIpc) is 2.81. The van der Waals surface area contributed by atoms with E-state index in [1.54, 1.807) is 30.3 Å². The Morgan fingerprint density at radius 3 is 2.25 bits per heavy atom. The van der Waals surface area contributed by atoms with E-state index in [4.69, 9.17) is 9.47 Å². The highest BCUT2D eigenvalue weighted by atomic mass is 32.2. The fourth-order valence-corrected chi connectivity index (χ4v) is 4.61. The molecular weight excluding hydrogens is 434 g/mol. The van der Waals surface area contributed by atoms with E-state index in [0.29, 0.717) is 11.3 Å². The lowest BCUT2D eigenvalue weighted by molar-refractivity contribution is 0.0697. The van der Waals surface area contributed by atoms with Crippen molar-refractivity contribution in [1.82, 2.24) is 0 Å². The molecule has 0 spiro atoms. The van der Waals surface area contributed by atoms with E-state index >= 15 is 0 Å². The molecule has 168 valence electrons. The summed E-state index contributed by atoms with van der Waals surface area (Å²) in [6.45, 7) is -0.576. The minimum Gasteiger partial charge on any atom is -0.497 e. The number of carboxylic acids is 1. The fourth-order valence-electron chi connectivity index (χ4n) is 3.13. The molecule has 0 bridgehead atoms. The van der Waals surface area contributed by atoms with Crippen LogP contribution in [0.5, 0.6) is 11.5 Å². The van der Waals surface area contributed by atoms with E-state index in [9.17, 15) is 23.4 Å². The van der Waals surface area contributed by atoms with E-state index < -0.39 is 16.0 Å². The van der Waals surface area contributed by atoms with Crippen molar-refractivity contribution >= 4 is 21.7 Å². The van der Waals surface area contributed by atoms with Crippen LogP contribution in [0.3, 0.4) is 0 Å². The fraction of sp³-hybridized carbons (Fsp3) is 0.174. The molecule has 0 heterocycles. The van der Waals surface area contributed by atoms with Gasteiger partial charge in [-0.3, -0.25) is 4.31 Å². The van der Waals surface area contributed by atoms with Gasteiger partial charge >= 0.3 is 5.97 Å². The Labute approximate surface area is 186 Å². The number of carboxylic acid groups (broad SMARTS) is 1. The summed E-state index contributed by atoms with van der Waals surface area (Å²) in [6, 6.07) is 18.9. The number of methoxy groups -OCH3 is 1. The maximum Gasteiger partial charge on any atom is 0.337 e. The van der Waals surface area contributed by atoms with Gasteiger partial charge in [0.15, 0.2) is 0 Å². The van der Waals surface area contributed by atoms with Crippen molar-refractivity contribution in [2.75, 3.05) is 24.6 Å². The molecule has 0 saturated carbocycles. The Hall–Kier alpha value is -3.56. The third-order valence-electron chi connectivity index (χ3n) is 4.64. The highest BCUT2D eigenvalue weighted by Crippen LogP contribution is 2.37. The van der Waals surface area contributed by atoms with E-state index in [0.717, 1.165) is 4.31 Å². The molecule has 0 atom stereocenters. The molecule has 0 unspecified atom stereocenters. The van der Waals surface area contributed by atoms with Crippen LogP contribution in [0.25, 0.3) is 0 Å². The van der Waals surface area contributed by atoms with Gasteiger partial charge in [0.05, 0.1) is 30.7 Å². The van der Waals surface area contributed by atoms with Gasteiger partial charge in [-0.15, -0.1) is 0 Å². The van der Waals surface area contributed by atoms with Gasteiger partial charge in [-0.2, -0.15) is 0 Å². The third kappa shape index (κ3) is 5.01. The zero-order valence-electron chi connectivity index (χ0n) is 17.3. The topological polar surface area (TPSA) is 113 Å². The van der Waals surface area contributed by atoms with Crippen LogP contribution in [-0.2, 0) is 16.6 Å². The molecule has 3 aromatic carbocycles. The van der Waals surface area contributed by atoms with Crippen LogP contribution in [0.1, 0.15) is 15.9 Å². The molecular formula is C23H23NO7S. The first-order valence-corrected chi connectivity index (χ1v) is 11.1. The minimum absolute atomic E-state index is 0.0342. The summed E-state index contributed by atoms with van der Waals surface area (Å²) >= 11 is 0. The van der Waals surface area contributed by atoms with Crippen molar-refractivity contribution in [1.29, 1.82) is 0 Å². The van der Waals surface area contributed by atoms with Gasteiger partial charge in [0.2, 0.25) is 0 Å². The minimum atomic E-state index is -4.21. The van der Waals surface area contributed by atoms with Crippen molar-refractivity contribution in [3.05, 3.63) is 83.9 Å². The third-order valence-corrected chi connectivity index (χ3v) is 6.40. The van der Waals surface area contributed by atoms with Crippen LogP contribution in [0.2, 0.25) is 0 Å². The molecule has 0 aliphatic carbocycles. The number of aliphatic hydroxyl groups is 1. The molecule has 9 heteroatoms. The lowest BCUT2D eigenvalue weighted by Crippen LogP contribution is -2.32.